The van der Waals surface area contributed by atoms with Crippen LogP contribution in [-0.2, 0) is 0 Å². The molecule has 0 spiro atoms. The molecule has 0 amide bonds. The van der Waals surface area contributed by atoms with Crippen molar-refractivity contribution >= 4 is 5.95 Å². The van der Waals surface area contributed by atoms with Crippen molar-refractivity contribution in [2.75, 3.05) is 18.1 Å². The lowest BCUT2D eigenvalue weighted by Crippen LogP contribution is -2.37. The summed E-state index contributed by atoms with van der Waals surface area (Å²) in [5.41, 5.74) is 1.78. The first-order chi connectivity index (χ1) is 8.22. The molecule has 1 aliphatic carbocycles. The molecule has 1 aliphatic rings. The van der Waals surface area contributed by atoms with Crippen LogP contribution in [0.4, 0.5) is 5.95 Å². The van der Waals surface area contributed by atoms with E-state index in [1.165, 1.54) is 12.8 Å². The van der Waals surface area contributed by atoms with Crippen LogP contribution >= 0.6 is 0 Å². The summed E-state index contributed by atoms with van der Waals surface area (Å²) in [4.78, 5) is 6.58. The third kappa shape index (κ3) is 2.72. The molecule has 0 aliphatic heterocycles. The monoisotopic (exact) mass is 236 g/mol. The molecule has 17 heavy (non-hydrogen) atoms. The van der Waals surface area contributed by atoms with Crippen molar-refractivity contribution in [3.8, 4) is 0 Å². The van der Waals surface area contributed by atoms with Gasteiger partial charge in [0.2, 0.25) is 5.95 Å². The highest BCUT2D eigenvalue weighted by atomic mass is 16.3. The van der Waals surface area contributed by atoms with Crippen LogP contribution < -0.4 is 4.90 Å². The molecule has 0 atom stereocenters. The number of aliphatic hydroxyl groups is 1. The molecule has 2 rings (SSSR count). The Balaban J connectivity index is 2.21. The zero-order valence-electron chi connectivity index (χ0n) is 10.6. The second-order valence-corrected chi connectivity index (χ2v) is 4.64. The van der Waals surface area contributed by atoms with Gasteiger partial charge in [0.1, 0.15) is 0 Å². The Bertz CT molecular complexity index is 377. The topological polar surface area (TPSA) is 62.1 Å². The Labute approximate surface area is 102 Å². The van der Waals surface area contributed by atoms with Crippen molar-refractivity contribution in [1.29, 1.82) is 0 Å². The van der Waals surface area contributed by atoms with E-state index in [2.05, 4.69) is 20.1 Å². The molecule has 5 heteroatoms. The predicted molar refractivity (Wildman–Crippen MR) is 66.0 cm³/mol. The summed E-state index contributed by atoms with van der Waals surface area (Å²) in [6.07, 6.45) is 4.84. The first-order valence-electron chi connectivity index (χ1n) is 6.28. The first-order valence-corrected chi connectivity index (χ1v) is 6.28. The summed E-state index contributed by atoms with van der Waals surface area (Å²) in [6, 6.07) is 0.464. The molecule has 0 aromatic carbocycles. The highest BCUT2D eigenvalue weighted by Gasteiger charge is 2.24. The van der Waals surface area contributed by atoms with Gasteiger partial charge in [-0.2, -0.15) is 5.10 Å². The van der Waals surface area contributed by atoms with E-state index in [4.69, 9.17) is 5.11 Å². The summed E-state index contributed by atoms with van der Waals surface area (Å²) >= 11 is 0. The van der Waals surface area contributed by atoms with E-state index < -0.39 is 0 Å². The predicted octanol–water partition coefficient (Wildman–Crippen LogP) is 1.23. The van der Waals surface area contributed by atoms with E-state index in [-0.39, 0.29) is 6.61 Å². The normalized spacial score (nSPS) is 16.4. The van der Waals surface area contributed by atoms with E-state index in [0.29, 0.717) is 18.5 Å². The Kier molecular flexibility index (Phi) is 3.89. The van der Waals surface area contributed by atoms with Crippen LogP contribution in [0, 0.1) is 13.8 Å². The number of anilines is 1. The quantitative estimate of drug-likeness (QED) is 0.852. The van der Waals surface area contributed by atoms with E-state index >= 15 is 0 Å². The summed E-state index contributed by atoms with van der Waals surface area (Å²) in [5, 5.41) is 17.4. The van der Waals surface area contributed by atoms with Crippen molar-refractivity contribution in [2.45, 2.75) is 45.6 Å². The molecule has 0 saturated heterocycles. The molecule has 0 radical (unpaired) electrons. The fourth-order valence-electron chi connectivity index (χ4n) is 2.34. The summed E-state index contributed by atoms with van der Waals surface area (Å²) in [5.74, 6) is 0.661. The standard InChI is InChI=1S/C12H20N4O/c1-9-10(2)14-15-12(13-9)16(7-8-17)11-5-3-4-6-11/h11,17H,3-8H2,1-2H3. The molecule has 1 saturated carbocycles. The number of hydrogen-bond acceptors (Lipinski definition) is 5. The van der Waals surface area contributed by atoms with Gasteiger partial charge in [-0.3, -0.25) is 0 Å². The van der Waals surface area contributed by atoms with E-state index in [1.54, 1.807) is 0 Å². The van der Waals surface area contributed by atoms with E-state index in [9.17, 15) is 0 Å². The van der Waals surface area contributed by atoms with Crippen LogP contribution in [0.2, 0.25) is 0 Å². The lowest BCUT2D eigenvalue weighted by Gasteiger charge is -2.28. The van der Waals surface area contributed by atoms with Crippen LogP contribution in [0.3, 0.4) is 0 Å². The van der Waals surface area contributed by atoms with Gasteiger partial charge < -0.3 is 10.0 Å². The molecular weight excluding hydrogens is 216 g/mol. The van der Waals surface area contributed by atoms with Crippen molar-refractivity contribution in [1.82, 2.24) is 15.2 Å². The Morgan fingerprint density at radius 2 is 1.88 bits per heavy atom. The number of aryl methyl sites for hydroxylation is 2. The first kappa shape index (κ1) is 12.2. The van der Waals surface area contributed by atoms with Gasteiger partial charge in [0.05, 0.1) is 18.0 Å². The number of rotatable bonds is 4. The fourth-order valence-corrected chi connectivity index (χ4v) is 2.34. The van der Waals surface area contributed by atoms with Crippen molar-refractivity contribution in [3.63, 3.8) is 0 Å². The average Bonchev–Trinajstić information content (AvgIpc) is 2.83. The zero-order chi connectivity index (χ0) is 12.3. The molecule has 94 valence electrons. The number of aromatic nitrogens is 3. The minimum atomic E-state index is 0.132. The summed E-state index contributed by atoms with van der Waals surface area (Å²) in [6.45, 7) is 4.58. The van der Waals surface area contributed by atoms with Gasteiger partial charge in [0.15, 0.2) is 0 Å². The molecule has 5 nitrogen and oxygen atoms in total. The van der Waals surface area contributed by atoms with Gasteiger partial charge in [-0.15, -0.1) is 5.10 Å². The van der Waals surface area contributed by atoms with Crippen molar-refractivity contribution in [2.24, 2.45) is 0 Å². The third-order valence-corrected chi connectivity index (χ3v) is 3.44. The smallest absolute Gasteiger partial charge is 0.245 e. The molecule has 1 aromatic rings. The van der Waals surface area contributed by atoms with Crippen molar-refractivity contribution < 1.29 is 5.11 Å². The lowest BCUT2D eigenvalue weighted by molar-refractivity contribution is 0.296. The van der Waals surface area contributed by atoms with E-state index in [0.717, 1.165) is 24.2 Å². The maximum atomic E-state index is 9.16. The number of hydrogen-bond donors (Lipinski definition) is 1. The van der Waals surface area contributed by atoms with Gasteiger partial charge in [0.25, 0.3) is 0 Å². The van der Waals surface area contributed by atoms with Gasteiger partial charge in [-0.05, 0) is 26.7 Å². The van der Waals surface area contributed by atoms with Crippen LogP contribution in [0.15, 0.2) is 0 Å². The minimum absolute atomic E-state index is 0.132. The van der Waals surface area contributed by atoms with Crippen LogP contribution in [0.5, 0.6) is 0 Å². The highest BCUT2D eigenvalue weighted by Crippen LogP contribution is 2.25. The van der Waals surface area contributed by atoms with E-state index in [1.807, 2.05) is 13.8 Å². The van der Waals surface area contributed by atoms with Gasteiger partial charge in [-0.25, -0.2) is 4.98 Å². The molecular formula is C12H20N4O. The average molecular weight is 236 g/mol. The van der Waals surface area contributed by atoms with Crippen LogP contribution in [0.1, 0.15) is 37.1 Å². The molecule has 1 aromatic heterocycles. The molecule has 0 unspecified atom stereocenters. The van der Waals surface area contributed by atoms with Gasteiger partial charge in [0, 0.05) is 12.6 Å². The highest BCUT2D eigenvalue weighted by molar-refractivity contribution is 5.32. The largest absolute Gasteiger partial charge is 0.395 e. The molecule has 0 bridgehead atoms. The fraction of sp³-hybridized carbons (Fsp3) is 0.750. The number of nitrogens with zero attached hydrogens (tertiary/aromatic N) is 4. The molecule has 1 N–H and O–H groups in total. The third-order valence-electron chi connectivity index (χ3n) is 3.44. The minimum Gasteiger partial charge on any atom is -0.395 e. The zero-order valence-corrected chi connectivity index (χ0v) is 10.6. The maximum Gasteiger partial charge on any atom is 0.245 e. The maximum absolute atomic E-state index is 9.16. The Hall–Kier alpha value is -1.23. The molecule has 1 heterocycles. The van der Waals surface area contributed by atoms with Crippen LogP contribution in [-0.4, -0.2) is 39.5 Å². The number of aliphatic hydroxyl groups excluding tert-OH is 1. The molecule has 1 fully saturated rings. The second-order valence-electron chi connectivity index (χ2n) is 4.64. The van der Waals surface area contributed by atoms with Gasteiger partial charge >= 0.3 is 0 Å². The Morgan fingerprint density at radius 3 is 2.47 bits per heavy atom. The summed E-state index contributed by atoms with van der Waals surface area (Å²) in [7, 11) is 0. The van der Waals surface area contributed by atoms with Crippen molar-refractivity contribution in [3.05, 3.63) is 11.4 Å². The lowest BCUT2D eigenvalue weighted by atomic mass is 10.2. The summed E-state index contributed by atoms with van der Waals surface area (Å²) < 4.78 is 0. The van der Waals surface area contributed by atoms with Gasteiger partial charge in [-0.1, -0.05) is 12.8 Å². The van der Waals surface area contributed by atoms with Crippen LogP contribution in [0.25, 0.3) is 0 Å². The Morgan fingerprint density at radius 1 is 1.18 bits per heavy atom. The SMILES string of the molecule is Cc1nnc(N(CCO)C2CCCC2)nc1C. The second kappa shape index (κ2) is 5.40.